The highest BCUT2D eigenvalue weighted by Gasteiger charge is 2.31. The van der Waals surface area contributed by atoms with Crippen LogP contribution in [0.2, 0.25) is 0 Å². The van der Waals surface area contributed by atoms with E-state index in [-0.39, 0.29) is 30.9 Å². The van der Waals surface area contributed by atoms with E-state index in [1.165, 1.54) is 0 Å². The number of hydrogen-bond donors (Lipinski definition) is 2. The zero-order chi connectivity index (χ0) is 26.0. The first-order valence-electron chi connectivity index (χ1n) is 11.9. The minimum absolute atomic E-state index is 0.122. The van der Waals surface area contributed by atoms with Crippen molar-refractivity contribution in [1.29, 1.82) is 0 Å². The van der Waals surface area contributed by atoms with Crippen molar-refractivity contribution in [2.75, 3.05) is 32.7 Å². The molecule has 0 bridgehead atoms. The molecule has 10 nitrogen and oxygen atoms in total. The van der Waals surface area contributed by atoms with E-state index in [2.05, 4.69) is 10.6 Å². The van der Waals surface area contributed by atoms with E-state index in [9.17, 15) is 19.2 Å². The van der Waals surface area contributed by atoms with Crippen molar-refractivity contribution < 1.29 is 28.7 Å². The lowest BCUT2D eigenvalue weighted by molar-refractivity contribution is -0.140. The Labute approximate surface area is 207 Å². The number of nitrogens with zero attached hydrogens (tertiary/aromatic N) is 2. The number of piperazine rings is 1. The Bertz CT molecular complexity index is 860. The quantitative estimate of drug-likeness (QED) is 0.578. The summed E-state index contributed by atoms with van der Waals surface area (Å²) in [6, 6.07) is 8.55. The predicted octanol–water partition coefficient (Wildman–Crippen LogP) is 2.52. The minimum atomic E-state index is -0.701. The molecule has 0 aliphatic carbocycles. The lowest BCUT2D eigenvalue weighted by Gasteiger charge is -2.37. The molecule has 1 aliphatic rings. The molecule has 0 spiro atoms. The monoisotopic (exact) mass is 490 g/mol. The Morgan fingerprint density at radius 3 is 2.11 bits per heavy atom. The topological polar surface area (TPSA) is 117 Å². The minimum Gasteiger partial charge on any atom is -0.445 e. The standard InChI is InChI=1S/C25H38N4O6/c1-18(2)15-20(27-24(33)35-25(3,4)5)22(31)29-13-11-28(12-14-29)21(30)16-26-23(32)34-17-19-9-7-6-8-10-19/h6-10,18,20H,11-17H2,1-5H3,(H,26,32)(H,27,33)/t20-/m0/s1. The lowest BCUT2D eigenvalue weighted by atomic mass is 10.0. The predicted molar refractivity (Wildman–Crippen MR) is 130 cm³/mol. The molecule has 1 saturated heterocycles. The molecule has 1 aromatic rings. The average Bonchev–Trinajstić information content (AvgIpc) is 2.79. The van der Waals surface area contributed by atoms with Crippen LogP contribution in [-0.4, -0.2) is 78.2 Å². The van der Waals surface area contributed by atoms with Crippen molar-refractivity contribution in [3.63, 3.8) is 0 Å². The SMILES string of the molecule is CC(C)C[C@H](NC(=O)OC(C)(C)C)C(=O)N1CCN(C(=O)CNC(=O)OCc2ccccc2)CC1. The summed E-state index contributed by atoms with van der Waals surface area (Å²) < 4.78 is 10.4. The zero-order valence-electron chi connectivity index (χ0n) is 21.3. The fraction of sp³-hybridized carbons (Fsp3) is 0.600. The Morgan fingerprint density at radius 2 is 1.54 bits per heavy atom. The van der Waals surface area contributed by atoms with Crippen LogP contribution in [0, 0.1) is 5.92 Å². The average molecular weight is 491 g/mol. The zero-order valence-corrected chi connectivity index (χ0v) is 21.3. The van der Waals surface area contributed by atoms with Gasteiger partial charge in [-0.3, -0.25) is 9.59 Å². The van der Waals surface area contributed by atoms with Crippen LogP contribution in [0.5, 0.6) is 0 Å². The van der Waals surface area contributed by atoms with E-state index in [0.717, 1.165) is 5.56 Å². The maximum atomic E-state index is 13.1. The van der Waals surface area contributed by atoms with Gasteiger partial charge in [-0.2, -0.15) is 0 Å². The summed E-state index contributed by atoms with van der Waals surface area (Å²) in [4.78, 5) is 52.9. The van der Waals surface area contributed by atoms with Gasteiger partial charge in [0.1, 0.15) is 24.8 Å². The van der Waals surface area contributed by atoms with Crippen LogP contribution in [0.25, 0.3) is 0 Å². The van der Waals surface area contributed by atoms with Crippen molar-refractivity contribution >= 4 is 24.0 Å². The second-order valence-corrected chi connectivity index (χ2v) is 9.95. The van der Waals surface area contributed by atoms with Gasteiger partial charge >= 0.3 is 12.2 Å². The van der Waals surface area contributed by atoms with Crippen molar-refractivity contribution in [1.82, 2.24) is 20.4 Å². The summed E-state index contributed by atoms with van der Waals surface area (Å²) >= 11 is 0. The largest absolute Gasteiger partial charge is 0.445 e. The van der Waals surface area contributed by atoms with Gasteiger partial charge in [-0.25, -0.2) is 9.59 Å². The van der Waals surface area contributed by atoms with Crippen LogP contribution in [0.15, 0.2) is 30.3 Å². The molecular weight excluding hydrogens is 452 g/mol. The van der Waals surface area contributed by atoms with Crippen molar-refractivity contribution in [2.24, 2.45) is 5.92 Å². The molecule has 0 saturated carbocycles. The van der Waals surface area contributed by atoms with Gasteiger partial charge < -0.3 is 29.9 Å². The first-order valence-corrected chi connectivity index (χ1v) is 11.9. The molecule has 4 amide bonds. The van der Waals surface area contributed by atoms with Crippen LogP contribution in [-0.2, 0) is 25.7 Å². The Balaban J connectivity index is 1.79. The van der Waals surface area contributed by atoms with Gasteiger partial charge in [0.25, 0.3) is 0 Å². The Kier molecular flexibility index (Phi) is 10.4. The Hall–Kier alpha value is -3.30. The van der Waals surface area contributed by atoms with E-state index < -0.39 is 23.8 Å². The number of rotatable bonds is 8. The van der Waals surface area contributed by atoms with Gasteiger partial charge in [-0.15, -0.1) is 0 Å². The van der Waals surface area contributed by atoms with Gasteiger partial charge in [0, 0.05) is 26.2 Å². The van der Waals surface area contributed by atoms with E-state index in [0.29, 0.717) is 32.6 Å². The number of carbonyl (C=O) groups is 4. The molecule has 10 heteroatoms. The third-order valence-electron chi connectivity index (χ3n) is 5.24. The van der Waals surface area contributed by atoms with Crippen LogP contribution in [0.4, 0.5) is 9.59 Å². The lowest BCUT2D eigenvalue weighted by Crippen LogP contribution is -2.57. The number of alkyl carbamates (subject to hydrolysis) is 2. The van der Waals surface area contributed by atoms with Gasteiger partial charge in [-0.1, -0.05) is 44.2 Å². The van der Waals surface area contributed by atoms with E-state index in [1.807, 2.05) is 44.2 Å². The second kappa shape index (κ2) is 13.0. The third-order valence-corrected chi connectivity index (χ3v) is 5.24. The van der Waals surface area contributed by atoms with E-state index in [4.69, 9.17) is 9.47 Å². The van der Waals surface area contributed by atoms with Crippen molar-refractivity contribution in [3.8, 4) is 0 Å². The molecule has 194 valence electrons. The summed E-state index contributed by atoms with van der Waals surface area (Å²) in [5.74, 6) is -0.256. The van der Waals surface area contributed by atoms with Crippen LogP contribution >= 0.6 is 0 Å². The first kappa shape index (κ1) is 27.9. The summed E-state index contributed by atoms with van der Waals surface area (Å²) in [6.07, 6.45) is -0.817. The van der Waals surface area contributed by atoms with Crippen LogP contribution in [0.3, 0.4) is 0 Å². The molecule has 1 fully saturated rings. The fourth-order valence-electron chi connectivity index (χ4n) is 3.57. The summed E-state index contributed by atoms with van der Waals surface area (Å²) in [5.41, 5.74) is 0.190. The second-order valence-electron chi connectivity index (χ2n) is 9.95. The molecular formula is C25H38N4O6. The molecule has 1 aliphatic heterocycles. The van der Waals surface area contributed by atoms with Gasteiger partial charge in [-0.05, 0) is 38.7 Å². The maximum absolute atomic E-state index is 13.1. The van der Waals surface area contributed by atoms with Crippen molar-refractivity contribution in [3.05, 3.63) is 35.9 Å². The van der Waals surface area contributed by atoms with Crippen LogP contribution < -0.4 is 10.6 Å². The molecule has 0 radical (unpaired) electrons. The van der Waals surface area contributed by atoms with E-state index >= 15 is 0 Å². The Morgan fingerprint density at radius 1 is 0.943 bits per heavy atom. The molecule has 1 heterocycles. The van der Waals surface area contributed by atoms with Gasteiger partial charge in [0.2, 0.25) is 11.8 Å². The number of hydrogen-bond acceptors (Lipinski definition) is 6. The van der Waals surface area contributed by atoms with E-state index in [1.54, 1.807) is 30.6 Å². The molecule has 0 aromatic heterocycles. The summed E-state index contributed by atoms with van der Waals surface area (Å²) in [5, 5.41) is 5.17. The summed E-state index contributed by atoms with van der Waals surface area (Å²) in [6.45, 7) is 10.5. The smallest absolute Gasteiger partial charge is 0.408 e. The first-order chi connectivity index (χ1) is 16.4. The highest BCUT2D eigenvalue weighted by Crippen LogP contribution is 2.13. The fourth-order valence-corrected chi connectivity index (χ4v) is 3.57. The molecule has 1 atom stereocenters. The number of benzene rings is 1. The molecule has 35 heavy (non-hydrogen) atoms. The molecule has 0 unspecified atom stereocenters. The van der Waals surface area contributed by atoms with Gasteiger partial charge in [0.15, 0.2) is 0 Å². The normalized spacial score (nSPS) is 14.8. The van der Waals surface area contributed by atoms with Crippen molar-refractivity contribution in [2.45, 2.75) is 59.3 Å². The third kappa shape index (κ3) is 10.2. The molecule has 1 aromatic carbocycles. The number of ether oxygens (including phenoxy) is 2. The molecule has 2 rings (SSSR count). The maximum Gasteiger partial charge on any atom is 0.408 e. The van der Waals surface area contributed by atoms with Gasteiger partial charge in [0.05, 0.1) is 0 Å². The highest BCUT2D eigenvalue weighted by molar-refractivity contribution is 5.86. The molecule has 2 N–H and O–H groups in total. The number of nitrogens with one attached hydrogen (secondary N) is 2. The summed E-state index contributed by atoms with van der Waals surface area (Å²) in [7, 11) is 0. The number of carbonyl (C=O) groups excluding carboxylic acids is 4. The number of amides is 4. The highest BCUT2D eigenvalue weighted by atomic mass is 16.6. The van der Waals surface area contributed by atoms with Crippen LogP contribution in [0.1, 0.15) is 46.6 Å².